The van der Waals surface area contributed by atoms with E-state index < -0.39 is 0 Å². The summed E-state index contributed by atoms with van der Waals surface area (Å²) in [4.78, 5) is 30.4. The number of nitrogens with one attached hydrogen (secondary N) is 3. The first kappa shape index (κ1) is 22.4. The fourth-order valence-corrected chi connectivity index (χ4v) is 3.74. The number of aliphatic imine (C=N–C) groups is 1. The second-order valence-corrected chi connectivity index (χ2v) is 7.21. The van der Waals surface area contributed by atoms with E-state index in [2.05, 4.69) is 20.9 Å². The topological polar surface area (TPSA) is 85.8 Å². The molecule has 3 rings (SSSR count). The number of carbonyl (C=O) groups excluding carboxylic acids is 2. The van der Waals surface area contributed by atoms with Crippen LogP contribution in [-0.2, 0) is 9.59 Å². The molecule has 1 aliphatic carbocycles. The van der Waals surface area contributed by atoms with Crippen LogP contribution in [0, 0.1) is 0 Å². The van der Waals surface area contributed by atoms with E-state index in [1.807, 2.05) is 30.3 Å². The van der Waals surface area contributed by atoms with Crippen LogP contribution in [0.1, 0.15) is 38.5 Å². The number of amides is 2. The van der Waals surface area contributed by atoms with Crippen molar-refractivity contribution in [1.82, 2.24) is 16.0 Å². The van der Waals surface area contributed by atoms with Gasteiger partial charge in [0.1, 0.15) is 0 Å². The maximum absolute atomic E-state index is 12.3. The molecule has 1 aromatic rings. The number of rotatable bonds is 5. The highest BCUT2D eigenvalue weighted by molar-refractivity contribution is 14.0. The molecule has 0 bridgehead atoms. The highest BCUT2D eigenvalue weighted by Gasteiger charge is 2.31. The Labute approximate surface area is 183 Å². The second-order valence-electron chi connectivity index (χ2n) is 7.21. The fourth-order valence-electron chi connectivity index (χ4n) is 3.74. The summed E-state index contributed by atoms with van der Waals surface area (Å²) >= 11 is 0. The van der Waals surface area contributed by atoms with Crippen molar-refractivity contribution in [2.75, 3.05) is 25.0 Å². The van der Waals surface area contributed by atoms with Crippen LogP contribution in [0.5, 0.6) is 0 Å². The van der Waals surface area contributed by atoms with Gasteiger partial charge in [-0.3, -0.25) is 14.6 Å². The molecule has 1 unspecified atom stereocenters. The number of guanidine groups is 1. The van der Waals surface area contributed by atoms with Gasteiger partial charge in [0.15, 0.2) is 5.96 Å². The third kappa shape index (κ3) is 6.35. The van der Waals surface area contributed by atoms with Crippen molar-refractivity contribution in [3.8, 4) is 0 Å². The van der Waals surface area contributed by atoms with E-state index in [1.54, 1.807) is 11.9 Å². The maximum Gasteiger partial charge on any atom is 0.239 e. The molecule has 1 aliphatic heterocycles. The maximum atomic E-state index is 12.3. The first-order valence-corrected chi connectivity index (χ1v) is 9.77. The Bertz CT molecular complexity index is 676. The summed E-state index contributed by atoms with van der Waals surface area (Å²) in [5.74, 6) is 0.615. The monoisotopic (exact) mass is 499 g/mol. The van der Waals surface area contributed by atoms with Crippen LogP contribution >= 0.6 is 24.0 Å². The summed E-state index contributed by atoms with van der Waals surface area (Å²) in [6.45, 7) is 0.761. The molecule has 1 aromatic carbocycles. The summed E-state index contributed by atoms with van der Waals surface area (Å²) in [5, 5.41) is 9.38. The quantitative estimate of drug-likeness (QED) is 0.329. The van der Waals surface area contributed by atoms with Crippen LogP contribution in [0.3, 0.4) is 0 Å². The van der Waals surface area contributed by atoms with Crippen LogP contribution in [0.4, 0.5) is 5.69 Å². The zero-order chi connectivity index (χ0) is 19.1. The molecule has 2 fully saturated rings. The first-order chi connectivity index (χ1) is 13.2. The molecule has 28 heavy (non-hydrogen) atoms. The van der Waals surface area contributed by atoms with Gasteiger partial charge in [-0.15, -0.1) is 24.0 Å². The molecule has 1 saturated carbocycles. The number of nitrogens with zero attached hydrogens (tertiary/aromatic N) is 2. The van der Waals surface area contributed by atoms with E-state index in [0.29, 0.717) is 25.0 Å². The van der Waals surface area contributed by atoms with Crippen LogP contribution < -0.4 is 20.9 Å². The Hall–Kier alpha value is -1.84. The Kier molecular flexibility index (Phi) is 9.01. The van der Waals surface area contributed by atoms with Crippen molar-refractivity contribution in [3.05, 3.63) is 30.3 Å². The molecule has 3 N–H and O–H groups in total. The van der Waals surface area contributed by atoms with Gasteiger partial charge < -0.3 is 20.9 Å². The highest BCUT2D eigenvalue weighted by atomic mass is 127. The van der Waals surface area contributed by atoms with E-state index in [4.69, 9.17) is 0 Å². The summed E-state index contributed by atoms with van der Waals surface area (Å²) in [6, 6.07) is 9.92. The van der Waals surface area contributed by atoms with Gasteiger partial charge in [0, 0.05) is 31.7 Å². The molecule has 8 heteroatoms. The van der Waals surface area contributed by atoms with Crippen molar-refractivity contribution < 1.29 is 9.59 Å². The lowest BCUT2D eigenvalue weighted by molar-refractivity contribution is -0.121. The van der Waals surface area contributed by atoms with Crippen molar-refractivity contribution in [2.24, 2.45) is 4.99 Å². The smallest absolute Gasteiger partial charge is 0.239 e. The number of halogens is 1. The average Bonchev–Trinajstić information content (AvgIpc) is 3.06. The van der Waals surface area contributed by atoms with E-state index in [9.17, 15) is 9.59 Å². The Balaban J connectivity index is 0.00000280. The fraction of sp³-hybridized carbons (Fsp3) is 0.550. The standard InChI is InChI=1S/C20H29N5O2.HI/c1-21-20(22-13-18(26)23-15-8-4-2-5-9-15)24-16-12-19(27)25(14-16)17-10-6-3-7-11-17;/h3,6-7,10-11,15-16H,2,4-5,8-9,12-14H2,1H3,(H,23,26)(H2,21,22,24);1H. The molecule has 0 aromatic heterocycles. The number of hydrogen-bond donors (Lipinski definition) is 3. The lowest BCUT2D eigenvalue weighted by Crippen LogP contribution is -2.49. The zero-order valence-electron chi connectivity index (χ0n) is 16.3. The Morgan fingerprint density at radius 1 is 1.11 bits per heavy atom. The summed E-state index contributed by atoms with van der Waals surface area (Å²) in [5.41, 5.74) is 0.904. The molecule has 1 saturated heterocycles. The molecule has 2 aliphatic rings. The Morgan fingerprint density at radius 3 is 2.50 bits per heavy atom. The third-order valence-corrected chi connectivity index (χ3v) is 5.14. The number of hydrogen-bond acceptors (Lipinski definition) is 3. The van der Waals surface area contributed by atoms with Crippen LogP contribution in [0.2, 0.25) is 0 Å². The lowest BCUT2D eigenvalue weighted by Gasteiger charge is -2.23. The van der Waals surface area contributed by atoms with Crippen molar-refractivity contribution >= 4 is 47.4 Å². The molecule has 0 spiro atoms. The third-order valence-electron chi connectivity index (χ3n) is 5.14. The minimum Gasteiger partial charge on any atom is -0.352 e. The predicted octanol–water partition coefficient (Wildman–Crippen LogP) is 2.02. The first-order valence-electron chi connectivity index (χ1n) is 9.77. The zero-order valence-corrected chi connectivity index (χ0v) is 18.6. The van der Waals surface area contributed by atoms with Gasteiger partial charge in [-0.1, -0.05) is 37.5 Å². The predicted molar refractivity (Wildman–Crippen MR) is 122 cm³/mol. The summed E-state index contributed by atoms with van der Waals surface area (Å²) in [6.07, 6.45) is 6.19. The van der Waals surface area contributed by atoms with Gasteiger partial charge in [0.25, 0.3) is 0 Å². The molecule has 1 atom stereocenters. The SMILES string of the molecule is CN=C(NCC(=O)NC1CCCCC1)NC1CC(=O)N(c2ccccc2)C1.I. The van der Waals surface area contributed by atoms with E-state index in [-0.39, 0.29) is 48.4 Å². The van der Waals surface area contributed by atoms with Gasteiger partial charge in [-0.2, -0.15) is 0 Å². The average molecular weight is 499 g/mol. The molecular formula is C20H30IN5O2. The number of anilines is 1. The molecule has 1 heterocycles. The molecular weight excluding hydrogens is 469 g/mol. The second kappa shape index (κ2) is 11.2. The molecule has 7 nitrogen and oxygen atoms in total. The largest absolute Gasteiger partial charge is 0.352 e. The van der Waals surface area contributed by atoms with Gasteiger partial charge in [-0.25, -0.2) is 0 Å². The number of para-hydroxylation sites is 1. The minimum atomic E-state index is -0.0367. The summed E-state index contributed by atoms with van der Waals surface area (Å²) < 4.78 is 0. The molecule has 0 radical (unpaired) electrons. The van der Waals surface area contributed by atoms with E-state index in [0.717, 1.165) is 18.5 Å². The van der Waals surface area contributed by atoms with Crippen LogP contribution in [0.25, 0.3) is 0 Å². The minimum absolute atomic E-state index is 0. The van der Waals surface area contributed by atoms with Crippen LogP contribution in [0.15, 0.2) is 35.3 Å². The van der Waals surface area contributed by atoms with Crippen molar-refractivity contribution in [3.63, 3.8) is 0 Å². The molecule has 154 valence electrons. The van der Waals surface area contributed by atoms with Gasteiger partial charge in [0.2, 0.25) is 11.8 Å². The van der Waals surface area contributed by atoms with E-state index >= 15 is 0 Å². The summed E-state index contributed by atoms with van der Waals surface area (Å²) in [7, 11) is 1.67. The highest BCUT2D eigenvalue weighted by Crippen LogP contribution is 2.21. The van der Waals surface area contributed by atoms with Crippen molar-refractivity contribution in [1.29, 1.82) is 0 Å². The van der Waals surface area contributed by atoms with Crippen molar-refractivity contribution in [2.45, 2.75) is 50.6 Å². The van der Waals surface area contributed by atoms with Gasteiger partial charge in [0.05, 0.1) is 12.6 Å². The normalized spacial score (nSPS) is 20.5. The Morgan fingerprint density at radius 2 is 1.82 bits per heavy atom. The van der Waals surface area contributed by atoms with Gasteiger partial charge >= 0.3 is 0 Å². The van der Waals surface area contributed by atoms with E-state index in [1.165, 1.54) is 19.3 Å². The van der Waals surface area contributed by atoms with Gasteiger partial charge in [-0.05, 0) is 25.0 Å². The van der Waals surface area contributed by atoms with Crippen LogP contribution in [-0.4, -0.2) is 50.0 Å². The number of carbonyl (C=O) groups is 2. The number of benzene rings is 1. The molecule has 2 amide bonds. The lowest BCUT2D eigenvalue weighted by atomic mass is 9.95.